The van der Waals surface area contributed by atoms with Crippen LogP contribution < -0.4 is 20.9 Å². The molecule has 1 fully saturated rings. The molecule has 1 aliphatic rings. The Morgan fingerprint density at radius 3 is 2.51 bits per heavy atom. The Balaban J connectivity index is 0.00000216. The van der Waals surface area contributed by atoms with Crippen LogP contribution in [0.25, 0.3) is 10.6 Å². The number of amides is 2. The SMILES string of the molecule is CN(C)c1cc(-c2nc(C(=O)Nc3ccccc3N3CCN(CC(N)=O)CC3)cs2)ccn1.Cl.Cl. The van der Waals surface area contributed by atoms with Gasteiger partial charge in [-0.1, -0.05) is 12.1 Å². The third-order valence-corrected chi connectivity index (χ3v) is 6.32. The van der Waals surface area contributed by atoms with Crippen LogP contribution >= 0.6 is 36.2 Å². The molecule has 0 spiro atoms. The van der Waals surface area contributed by atoms with Crippen LogP contribution in [0.3, 0.4) is 0 Å². The first kappa shape index (κ1) is 28.3. The van der Waals surface area contributed by atoms with Crippen molar-refractivity contribution >= 4 is 65.2 Å². The number of carbonyl (C=O) groups excluding carboxylic acids is 2. The molecule has 3 heterocycles. The Kier molecular flexibility index (Phi) is 10.3. The second kappa shape index (κ2) is 12.7. The van der Waals surface area contributed by atoms with Gasteiger partial charge in [0, 0.05) is 57.4 Å². The van der Waals surface area contributed by atoms with Gasteiger partial charge >= 0.3 is 0 Å². The van der Waals surface area contributed by atoms with E-state index in [1.807, 2.05) is 60.3 Å². The number of halogens is 2. The molecule has 4 rings (SSSR count). The lowest BCUT2D eigenvalue weighted by atomic mass is 10.2. The van der Waals surface area contributed by atoms with Crippen LogP contribution in [0.2, 0.25) is 0 Å². The van der Waals surface area contributed by atoms with Gasteiger partial charge in [0.2, 0.25) is 5.91 Å². The molecule has 1 saturated heterocycles. The quantitative estimate of drug-likeness (QED) is 0.476. The maximum absolute atomic E-state index is 13.0. The summed E-state index contributed by atoms with van der Waals surface area (Å²) in [5.41, 5.74) is 8.29. The van der Waals surface area contributed by atoms with E-state index in [-0.39, 0.29) is 43.2 Å². The van der Waals surface area contributed by atoms with Gasteiger partial charge in [0.25, 0.3) is 5.91 Å². The molecule has 0 bridgehead atoms. The zero-order valence-corrected chi connectivity index (χ0v) is 22.0. The van der Waals surface area contributed by atoms with Crippen molar-refractivity contribution in [2.24, 2.45) is 5.73 Å². The smallest absolute Gasteiger partial charge is 0.275 e. The van der Waals surface area contributed by atoms with Crippen molar-refractivity contribution in [3.8, 4) is 10.6 Å². The largest absolute Gasteiger partial charge is 0.369 e. The molecule has 0 aliphatic carbocycles. The number of anilines is 3. The summed E-state index contributed by atoms with van der Waals surface area (Å²) in [5.74, 6) is 0.265. The van der Waals surface area contributed by atoms with Crippen LogP contribution in [0.15, 0.2) is 48.0 Å². The number of benzene rings is 1. The molecule has 3 N–H and O–H groups in total. The number of aromatic nitrogens is 2. The van der Waals surface area contributed by atoms with E-state index in [0.29, 0.717) is 5.69 Å². The minimum atomic E-state index is -0.316. The second-order valence-electron chi connectivity index (χ2n) is 8.04. The molecule has 35 heavy (non-hydrogen) atoms. The van der Waals surface area contributed by atoms with Gasteiger partial charge in [0.15, 0.2) is 0 Å². The molecule has 2 aromatic heterocycles. The van der Waals surface area contributed by atoms with E-state index in [4.69, 9.17) is 5.73 Å². The highest BCUT2D eigenvalue weighted by Crippen LogP contribution is 2.29. The summed E-state index contributed by atoms with van der Waals surface area (Å²) in [6.45, 7) is 3.24. The number of pyridine rings is 1. The van der Waals surface area contributed by atoms with E-state index in [2.05, 4.69) is 20.2 Å². The molecule has 2 amide bonds. The maximum atomic E-state index is 13.0. The minimum absolute atomic E-state index is 0. The van der Waals surface area contributed by atoms with E-state index in [0.717, 1.165) is 53.9 Å². The number of nitrogens with one attached hydrogen (secondary N) is 1. The summed E-state index contributed by atoms with van der Waals surface area (Å²) in [6.07, 6.45) is 1.74. The number of thiazole rings is 1. The van der Waals surface area contributed by atoms with Crippen LogP contribution in [0.1, 0.15) is 10.5 Å². The summed E-state index contributed by atoms with van der Waals surface area (Å²) in [6, 6.07) is 11.6. The lowest BCUT2D eigenvalue weighted by Gasteiger charge is -2.36. The van der Waals surface area contributed by atoms with Crippen molar-refractivity contribution in [2.75, 3.05) is 61.9 Å². The minimum Gasteiger partial charge on any atom is -0.369 e. The molecule has 12 heteroatoms. The first-order chi connectivity index (χ1) is 15.9. The molecule has 9 nitrogen and oxygen atoms in total. The van der Waals surface area contributed by atoms with Gasteiger partial charge in [0.1, 0.15) is 16.5 Å². The first-order valence-corrected chi connectivity index (χ1v) is 11.5. The van der Waals surface area contributed by atoms with Gasteiger partial charge in [-0.05, 0) is 24.3 Å². The number of hydrogen-bond acceptors (Lipinski definition) is 8. The highest BCUT2D eigenvalue weighted by Gasteiger charge is 2.21. The van der Waals surface area contributed by atoms with Crippen LogP contribution in [0.4, 0.5) is 17.2 Å². The molecular formula is C23H29Cl2N7O2S. The molecule has 0 atom stereocenters. The molecule has 1 aromatic carbocycles. The molecule has 188 valence electrons. The molecule has 0 radical (unpaired) electrons. The predicted octanol–water partition coefficient (Wildman–Crippen LogP) is 2.97. The summed E-state index contributed by atoms with van der Waals surface area (Å²) in [7, 11) is 3.86. The van der Waals surface area contributed by atoms with Gasteiger partial charge in [-0.25, -0.2) is 9.97 Å². The summed E-state index contributed by atoms with van der Waals surface area (Å²) >= 11 is 1.43. The number of hydrogen-bond donors (Lipinski definition) is 2. The van der Waals surface area contributed by atoms with E-state index >= 15 is 0 Å². The highest BCUT2D eigenvalue weighted by atomic mass is 35.5. The Morgan fingerprint density at radius 2 is 1.83 bits per heavy atom. The standard InChI is InChI=1S/C23H27N7O2S.2ClH/c1-28(2)21-13-16(7-8-25-21)23-27-18(15-33-23)22(32)26-17-5-3-4-6-19(17)30-11-9-29(10-12-30)14-20(24)31;;/h3-8,13,15H,9-12,14H2,1-2H3,(H2,24,31)(H,26,32);2*1H. The average molecular weight is 539 g/mol. The third kappa shape index (κ3) is 7.04. The van der Waals surface area contributed by atoms with E-state index in [1.165, 1.54) is 11.3 Å². The van der Waals surface area contributed by atoms with Gasteiger partial charge in [-0.2, -0.15) is 0 Å². The van der Waals surface area contributed by atoms with Gasteiger partial charge in [-0.15, -0.1) is 36.2 Å². The van der Waals surface area contributed by atoms with E-state index in [9.17, 15) is 9.59 Å². The molecular weight excluding hydrogens is 509 g/mol. The number of primary amides is 1. The summed E-state index contributed by atoms with van der Waals surface area (Å²) in [5, 5.41) is 5.55. The predicted molar refractivity (Wildman–Crippen MR) is 146 cm³/mol. The van der Waals surface area contributed by atoms with Crippen LogP contribution in [0.5, 0.6) is 0 Å². The van der Waals surface area contributed by atoms with Crippen molar-refractivity contribution in [3.05, 3.63) is 53.7 Å². The number of carbonyl (C=O) groups is 2. The van der Waals surface area contributed by atoms with Gasteiger partial charge in [0.05, 0.1) is 17.9 Å². The Labute approximate surface area is 221 Å². The zero-order chi connectivity index (χ0) is 23.4. The molecule has 0 saturated carbocycles. The lowest BCUT2D eigenvalue weighted by Crippen LogP contribution is -2.49. The van der Waals surface area contributed by atoms with E-state index in [1.54, 1.807) is 11.6 Å². The lowest BCUT2D eigenvalue weighted by molar-refractivity contribution is -0.119. The van der Waals surface area contributed by atoms with Crippen molar-refractivity contribution in [1.29, 1.82) is 0 Å². The zero-order valence-electron chi connectivity index (χ0n) is 19.5. The number of rotatable bonds is 7. The number of piperazine rings is 1. The molecule has 1 aliphatic heterocycles. The number of para-hydroxylation sites is 2. The van der Waals surface area contributed by atoms with Crippen LogP contribution in [0, 0.1) is 0 Å². The number of nitrogens with zero attached hydrogens (tertiary/aromatic N) is 5. The second-order valence-corrected chi connectivity index (χ2v) is 8.89. The van der Waals surface area contributed by atoms with Crippen LogP contribution in [-0.4, -0.2) is 73.5 Å². The van der Waals surface area contributed by atoms with Crippen LogP contribution in [-0.2, 0) is 4.79 Å². The number of nitrogens with two attached hydrogens (primary N) is 1. The fraction of sp³-hybridized carbons (Fsp3) is 0.304. The van der Waals surface area contributed by atoms with Gasteiger partial charge in [-0.3, -0.25) is 14.5 Å². The van der Waals surface area contributed by atoms with Crippen molar-refractivity contribution in [2.45, 2.75) is 0 Å². The molecule has 3 aromatic rings. The Bertz CT molecular complexity index is 1150. The Morgan fingerprint density at radius 1 is 1.11 bits per heavy atom. The topological polar surface area (TPSA) is 108 Å². The molecule has 0 unspecified atom stereocenters. The fourth-order valence-corrected chi connectivity index (χ4v) is 4.51. The highest BCUT2D eigenvalue weighted by molar-refractivity contribution is 7.13. The summed E-state index contributed by atoms with van der Waals surface area (Å²) in [4.78, 5) is 39.2. The van der Waals surface area contributed by atoms with Gasteiger partial charge < -0.3 is 20.9 Å². The van der Waals surface area contributed by atoms with E-state index < -0.39 is 0 Å². The monoisotopic (exact) mass is 537 g/mol. The summed E-state index contributed by atoms with van der Waals surface area (Å²) < 4.78 is 0. The Hall–Kier alpha value is -2.92. The van der Waals surface area contributed by atoms with Crippen molar-refractivity contribution in [3.63, 3.8) is 0 Å². The third-order valence-electron chi connectivity index (χ3n) is 5.43. The maximum Gasteiger partial charge on any atom is 0.275 e. The van der Waals surface area contributed by atoms with Crippen molar-refractivity contribution in [1.82, 2.24) is 14.9 Å². The average Bonchev–Trinajstić information content (AvgIpc) is 3.30. The first-order valence-electron chi connectivity index (χ1n) is 10.7. The fourth-order valence-electron chi connectivity index (χ4n) is 3.72. The normalized spacial score (nSPS) is 13.4. The van der Waals surface area contributed by atoms with Crippen molar-refractivity contribution < 1.29 is 9.59 Å².